The predicted octanol–water partition coefficient (Wildman–Crippen LogP) is 7.04. The van der Waals surface area contributed by atoms with Gasteiger partial charge in [0.2, 0.25) is 0 Å². The molecule has 1 aliphatic carbocycles. The van der Waals surface area contributed by atoms with Crippen molar-refractivity contribution in [3.63, 3.8) is 0 Å². The van der Waals surface area contributed by atoms with Crippen LogP contribution in [0.15, 0.2) is 18.2 Å². The van der Waals surface area contributed by atoms with Gasteiger partial charge in [-0.15, -0.1) is 11.6 Å². The van der Waals surface area contributed by atoms with E-state index in [4.69, 9.17) is 11.6 Å². The summed E-state index contributed by atoms with van der Waals surface area (Å²) >= 11 is 6.98. The van der Waals surface area contributed by atoms with Gasteiger partial charge >= 0.3 is 0 Å². The maximum absolute atomic E-state index is 6.98. The first-order chi connectivity index (χ1) is 9.74. The van der Waals surface area contributed by atoms with Crippen LogP contribution in [0.25, 0.3) is 0 Å². The van der Waals surface area contributed by atoms with Crippen LogP contribution in [0.4, 0.5) is 0 Å². The number of benzene rings is 1. The largest absolute Gasteiger partial charge is 0.117 e. The van der Waals surface area contributed by atoms with Crippen molar-refractivity contribution in [2.24, 2.45) is 11.3 Å². The summed E-state index contributed by atoms with van der Waals surface area (Å²) in [6, 6.07) is 6.97. The Labute approximate surface area is 136 Å². The van der Waals surface area contributed by atoms with Crippen LogP contribution >= 0.6 is 11.6 Å². The first-order valence-corrected chi connectivity index (χ1v) is 8.95. The molecule has 1 saturated carbocycles. The van der Waals surface area contributed by atoms with E-state index in [1.54, 1.807) is 0 Å². The smallest absolute Gasteiger partial charge is 0.0621 e. The van der Waals surface area contributed by atoms with E-state index in [9.17, 15) is 0 Å². The molecule has 118 valence electrons. The van der Waals surface area contributed by atoms with Crippen LogP contribution < -0.4 is 0 Å². The quantitative estimate of drug-likeness (QED) is 0.523. The maximum atomic E-state index is 6.98. The van der Waals surface area contributed by atoms with Gasteiger partial charge in [-0.2, -0.15) is 0 Å². The zero-order valence-electron chi connectivity index (χ0n) is 14.5. The van der Waals surface area contributed by atoms with Gasteiger partial charge in [-0.25, -0.2) is 0 Å². The first kappa shape index (κ1) is 16.9. The zero-order chi connectivity index (χ0) is 15.8. The lowest BCUT2D eigenvalue weighted by Crippen LogP contribution is -2.22. The van der Waals surface area contributed by atoms with Crippen LogP contribution in [-0.4, -0.2) is 0 Å². The molecule has 0 amide bonds. The molecule has 0 spiro atoms. The van der Waals surface area contributed by atoms with Gasteiger partial charge < -0.3 is 0 Å². The lowest BCUT2D eigenvalue weighted by atomic mass is 9.76. The minimum Gasteiger partial charge on any atom is -0.117 e. The standard InChI is InChI=1S/C20H31Cl/c1-13(2)15-9-10-16(17(12-15)14(3)4)19(21)18-8-7-11-20(18,5)6/h9-10,12-14,18-19H,7-8,11H2,1-6H3. The van der Waals surface area contributed by atoms with Crippen LogP contribution in [-0.2, 0) is 0 Å². The zero-order valence-corrected chi connectivity index (χ0v) is 15.3. The fourth-order valence-corrected chi connectivity index (χ4v) is 4.48. The normalized spacial score (nSPS) is 23.0. The third kappa shape index (κ3) is 3.47. The molecule has 0 bridgehead atoms. The summed E-state index contributed by atoms with van der Waals surface area (Å²) in [6.45, 7) is 13.9. The number of halogens is 1. The second-order valence-electron chi connectivity index (χ2n) is 8.09. The Hall–Kier alpha value is -0.490. The van der Waals surface area contributed by atoms with Crippen molar-refractivity contribution < 1.29 is 0 Å². The Morgan fingerprint density at radius 2 is 1.71 bits per heavy atom. The molecular weight excluding hydrogens is 276 g/mol. The number of hydrogen-bond donors (Lipinski definition) is 0. The highest BCUT2D eigenvalue weighted by atomic mass is 35.5. The maximum Gasteiger partial charge on any atom is 0.0621 e. The van der Waals surface area contributed by atoms with Gasteiger partial charge in [0.25, 0.3) is 0 Å². The fourth-order valence-electron chi connectivity index (χ4n) is 3.82. The first-order valence-electron chi connectivity index (χ1n) is 8.52. The van der Waals surface area contributed by atoms with Gasteiger partial charge in [0.1, 0.15) is 0 Å². The van der Waals surface area contributed by atoms with Gasteiger partial charge in [-0.3, -0.25) is 0 Å². The van der Waals surface area contributed by atoms with Crippen molar-refractivity contribution >= 4 is 11.6 Å². The summed E-state index contributed by atoms with van der Waals surface area (Å²) < 4.78 is 0. The number of hydrogen-bond acceptors (Lipinski definition) is 0. The molecule has 0 heterocycles. The number of alkyl halides is 1. The van der Waals surface area contributed by atoms with E-state index in [0.29, 0.717) is 23.2 Å². The van der Waals surface area contributed by atoms with Crippen molar-refractivity contribution in [3.8, 4) is 0 Å². The molecule has 2 rings (SSSR count). The van der Waals surface area contributed by atoms with Crippen LogP contribution in [0.5, 0.6) is 0 Å². The predicted molar refractivity (Wildman–Crippen MR) is 94.3 cm³/mol. The van der Waals surface area contributed by atoms with Crippen molar-refractivity contribution in [3.05, 3.63) is 34.9 Å². The molecule has 1 aliphatic rings. The Morgan fingerprint density at radius 1 is 1.05 bits per heavy atom. The monoisotopic (exact) mass is 306 g/mol. The molecule has 1 fully saturated rings. The van der Waals surface area contributed by atoms with Crippen LogP contribution in [0.2, 0.25) is 0 Å². The molecule has 0 aromatic heterocycles. The summed E-state index contributed by atoms with van der Waals surface area (Å²) in [5.74, 6) is 1.71. The molecule has 0 nitrogen and oxygen atoms in total. The minimum atomic E-state index is 0.154. The molecule has 0 radical (unpaired) electrons. The van der Waals surface area contributed by atoms with Crippen molar-refractivity contribution in [2.75, 3.05) is 0 Å². The van der Waals surface area contributed by atoms with Gasteiger partial charge in [-0.1, -0.05) is 66.2 Å². The van der Waals surface area contributed by atoms with E-state index in [1.807, 2.05) is 0 Å². The average Bonchev–Trinajstić information content (AvgIpc) is 2.76. The Kier molecular flexibility index (Phi) is 5.08. The van der Waals surface area contributed by atoms with E-state index in [0.717, 1.165) is 0 Å². The van der Waals surface area contributed by atoms with Crippen molar-refractivity contribution in [1.82, 2.24) is 0 Å². The SMILES string of the molecule is CC(C)c1ccc(C(Cl)C2CCCC2(C)C)c(C(C)C)c1. The van der Waals surface area contributed by atoms with Gasteiger partial charge in [0, 0.05) is 0 Å². The molecule has 1 aromatic rings. The van der Waals surface area contributed by atoms with Crippen molar-refractivity contribution in [2.45, 2.75) is 78.0 Å². The minimum absolute atomic E-state index is 0.154. The third-order valence-corrected chi connectivity index (χ3v) is 5.93. The molecule has 1 heteroatoms. The van der Waals surface area contributed by atoms with E-state index in [2.05, 4.69) is 59.7 Å². The second-order valence-corrected chi connectivity index (χ2v) is 8.56. The highest BCUT2D eigenvalue weighted by molar-refractivity contribution is 6.21. The van der Waals surface area contributed by atoms with Gasteiger partial charge in [0.05, 0.1) is 5.38 Å². The summed E-state index contributed by atoms with van der Waals surface area (Å²) in [5, 5.41) is 0.154. The Morgan fingerprint density at radius 3 is 2.19 bits per heavy atom. The van der Waals surface area contributed by atoms with Gasteiger partial charge in [0.15, 0.2) is 0 Å². The Bertz CT molecular complexity index is 485. The topological polar surface area (TPSA) is 0 Å². The molecule has 0 N–H and O–H groups in total. The van der Waals surface area contributed by atoms with Crippen molar-refractivity contribution in [1.29, 1.82) is 0 Å². The molecule has 2 atom stereocenters. The van der Waals surface area contributed by atoms with E-state index in [-0.39, 0.29) is 5.38 Å². The molecular formula is C20H31Cl. The molecule has 0 aliphatic heterocycles. The summed E-state index contributed by atoms with van der Waals surface area (Å²) in [5.41, 5.74) is 4.62. The highest BCUT2D eigenvalue weighted by Gasteiger charge is 2.40. The van der Waals surface area contributed by atoms with E-state index < -0.39 is 0 Å². The number of rotatable bonds is 4. The second kappa shape index (κ2) is 6.32. The highest BCUT2D eigenvalue weighted by Crippen LogP contribution is 2.52. The van der Waals surface area contributed by atoms with E-state index >= 15 is 0 Å². The third-order valence-electron chi connectivity index (χ3n) is 5.39. The molecule has 21 heavy (non-hydrogen) atoms. The fraction of sp³-hybridized carbons (Fsp3) is 0.700. The summed E-state index contributed by atoms with van der Waals surface area (Å²) in [6.07, 6.45) is 3.90. The lowest BCUT2D eigenvalue weighted by molar-refractivity contribution is 0.251. The summed E-state index contributed by atoms with van der Waals surface area (Å²) in [7, 11) is 0. The van der Waals surface area contributed by atoms with Gasteiger partial charge in [-0.05, 0) is 52.7 Å². The van der Waals surface area contributed by atoms with E-state index in [1.165, 1.54) is 36.0 Å². The average molecular weight is 307 g/mol. The summed E-state index contributed by atoms with van der Waals surface area (Å²) in [4.78, 5) is 0. The Balaban J connectivity index is 2.38. The van der Waals surface area contributed by atoms with Crippen LogP contribution in [0, 0.1) is 11.3 Å². The van der Waals surface area contributed by atoms with Crippen LogP contribution in [0.3, 0.4) is 0 Å². The lowest BCUT2D eigenvalue weighted by Gasteiger charge is -2.32. The van der Waals surface area contributed by atoms with Crippen LogP contribution in [0.1, 0.15) is 94.7 Å². The molecule has 0 saturated heterocycles. The molecule has 1 aromatic carbocycles. The molecule has 2 unspecified atom stereocenters.